The van der Waals surface area contributed by atoms with Gasteiger partial charge in [-0.3, -0.25) is 0 Å². The Morgan fingerprint density at radius 2 is 2.17 bits per heavy atom. The van der Waals surface area contributed by atoms with Crippen LogP contribution < -0.4 is 10.5 Å². The van der Waals surface area contributed by atoms with Crippen molar-refractivity contribution in [1.82, 2.24) is 4.98 Å². The predicted molar refractivity (Wildman–Crippen MR) is 49.3 cm³/mol. The Balaban J connectivity index is 3.11. The summed E-state index contributed by atoms with van der Waals surface area (Å²) in [5.41, 5.74) is 6.60. The molecule has 0 amide bonds. The molecule has 1 aromatic heterocycles. The highest BCUT2D eigenvalue weighted by Gasteiger charge is 2.07. The van der Waals surface area contributed by atoms with E-state index in [1.165, 1.54) is 0 Å². The molecule has 0 spiro atoms. The van der Waals surface area contributed by atoms with Crippen LogP contribution >= 0.6 is 0 Å². The topological polar surface area (TPSA) is 48.1 Å². The van der Waals surface area contributed by atoms with Gasteiger partial charge in [0.25, 0.3) is 0 Å². The number of nitrogen functional groups attached to an aromatic ring is 1. The highest BCUT2D eigenvalue weighted by molar-refractivity contribution is 5.43. The minimum atomic E-state index is 0.410. The fourth-order valence-corrected chi connectivity index (χ4v) is 1.07. The van der Waals surface area contributed by atoms with Gasteiger partial charge in [-0.05, 0) is 5.92 Å². The molecule has 0 aliphatic carbocycles. The summed E-state index contributed by atoms with van der Waals surface area (Å²) in [7, 11) is 1.64. The maximum absolute atomic E-state index is 5.51. The highest BCUT2D eigenvalue weighted by atomic mass is 16.5. The molecule has 0 fully saturated rings. The Morgan fingerprint density at radius 3 is 2.67 bits per heavy atom. The summed E-state index contributed by atoms with van der Waals surface area (Å²) in [4.78, 5) is 4.01. The molecule has 66 valence electrons. The maximum atomic E-state index is 5.51. The number of pyridine rings is 1. The molecule has 0 bridgehead atoms. The van der Waals surface area contributed by atoms with Crippen LogP contribution in [0.5, 0.6) is 5.75 Å². The first kappa shape index (κ1) is 8.84. The SMILES string of the molecule is COc1cc(N)ncc1C(C)C. The van der Waals surface area contributed by atoms with Gasteiger partial charge in [0.15, 0.2) is 0 Å². The fraction of sp³-hybridized carbons (Fsp3) is 0.444. The number of aromatic nitrogens is 1. The lowest BCUT2D eigenvalue weighted by molar-refractivity contribution is 0.407. The molecule has 3 heteroatoms. The van der Waals surface area contributed by atoms with Gasteiger partial charge in [0, 0.05) is 17.8 Å². The van der Waals surface area contributed by atoms with Crippen molar-refractivity contribution in [2.45, 2.75) is 19.8 Å². The summed E-state index contributed by atoms with van der Waals surface area (Å²) in [6, 6.07) is 1.75. The number of hydrogen-bond donors (Lipinski definition) is 1. The molecule has 1 rings (SSSR count). The first-order valence-corrected chi connectivity index (χ1v) is 3.94. The summed E-state index contributed by atoms with van der Waals surface area (Å²) in [5.74, 6) is 1.72. The molecule has 0 atom stereocenters. The summed E-state index contributed by atoms with van der Waals surface area (Å²) < 4.78 is 5.17. The summed E-state index contributed by atoms with van der Waals surface area (Å²) in [6.07, 6.45) is 1.76. The van der Waals surface area contributed by atoms with Crippen LogP contribution in [-0.4, -0.2) is 12.1 Å². The molecular formula is C9H14N2O. The van der Waals surface area contributed by atoms with Crippen molar-refractivity contribution in [1.29, 1.82) is 0 Å². The van der Waals surface area contributed by atoms with E-state index in [1.54, 1.807) is 19.4 Å². The van der Waals surface area contributed by atoms with Crippen LogP contribution in [0.2, 0.25) is 0 Å². The number of ether oxygens (including phenoxy) is 1. The minimum Gasteiger partial charge on any atom is -0.496 e. The van der Waals surface area contributed by atoms with Gasteiger partial charge in [-0.1, -0.05) is 13.8 Å². The molecular weight excluding hydrogens is 152 g/mol. The van der Waals surface area contributed by atoms with Crippen LogP contribution in [0.1, 0.15) is 25.3 Å². The zero-order valence-electron chi connectivity index (χ0n) is 7.66. The van der Waals surface area contributed by atoms with Gasteiger partial charge in [-0.25, -0.2) is 4.98 Å². The number of hydrogen-bond acceptors (Lipinski definition) is 3. The van der Waals surface area contributed by atoms with Gasteiger partial charge in [0.1, 0.15) is 11.6 Å². The van der Waals surface area contributed by atoms with E-state index in [4.69, 9.17) is 10.5 Å². The lowest BCUT2D eigenvalue weighted by Crippen LogP contribution is -1.98. The lowest BCUT2D eigenvalue weighted by atomic mass is 10.1. The molecule has 2 N–H and O–H groups in total. The molecule has 0 saturated heterocycles. The van der Waals surface area contributed by atoms with Crippen LogP contribution in [0.15, 0.2) is 12.3 Å². The van der Waals surface area contributed by atoms with E-state index >= 15 is 0 Å². The molecule has 0 aromatic carbocycles. The predicted octanol–water partition coefficient (Wildman–Crippen LogP) is 1.80. The second-order valence-electron chi connectivity index (χ2n) is 3.01. The zero-order chi connectivity index (χ0) is 9.14. The second-order valence-corrected chi connectivity index (χ2v) is 3.01. The zero-order valence-corrected chi connectivity index (χ0v) is 7.66. The summed E-state index contributed by atoms with van der Waals surface area (Å²) in [6.45, 7) is 4.19. The Kier molecular flexibility index (Phi) is 2.53. The van der Waals surface area contributed by atoms with Crippen molar-refractivity contribution in [3.63, 3.8) is 0 Å². The monoisotopic (exact) mass is 166 g/mol. The average molecular weight is 166 g/mol. The fourth-order valence-electron chi connectivity index (χ4n) is 1.07. The largest absolute Gasteiger partial charge is 0.496 e. The van der Waals surface area contributed by atoms with Crippen molar-refractivity contribution >= 4 is 5.82 Å². The molecule has 0 radical (unpaired) electrons. The maximum Gasteiger partial charge on any atom is 0.127 e. The van der Waals surface area contributed by atoms with Crippen molar-refractivity contribution in [3.8, 4) is 5.75 Å². The third-order valence-corrected chi connectivity index (χ3v) is 1.76. The van der Waals surface area contributed by atoms with E-state index in [1.807, 2.05) is 0 Å². The highest BCUT2D eigenvalue weighted by Crippen LogP contribution is 2.26. The number of anilines is 1. The van der Waals surface area contributed by atoms with Gasteiger partial charge in [0.05, 0.1) is 7.11 Å². The van der Waals surface area contributed by atoms with Gasteiger partial charge in [-0.15, -0.1) is 0 Å². The van der Waals surface area contributed by atoms with Gasteiger partial charge < -0.3 is 10.5 Å². The van der Waals surface area contributed by atoms with Gasteiger partial charge in [0.2, 0.25) is 0 Å². The summed E-state index contributed by atoms with van der Waals surface area (Å²) in [5, 5.41) is 0. The molecule has 12 heavy (non-hydrogen) atoms. The molecule has 0 aliphatic rings. The van der Waals surface area contributed by atoms with Crippen molar-refractivity contribution in [2.24, 2.45) is 0 Å². The van der Waals surface area contributed by atoms with Crippen LogP contribution in [-0.2, 0) is 0 Å². The second kappa shape index (κ2) is 3.43. The van der Waals surface area contributed by atoms with E-state index < -0.39 is 0 Å². The molecule has 3 nitrogen and oxygen atoms in total. The normalized spacial score (nSPS) is 10.3. The average Bonchev–Trinajstić information content (AvgIpc) is 2.03. The first-order chi connectivity index (χ1) is 5.65. The van der Waals surface area contributed by atoms with Crippen LogP contribution in [0.3, 0.4) is 0 Å². The minimum absolute atomic E-state index is 0.410. The van der Waals surface area contributed by atoms with E-state index in [0.717, 1.165) is 11.3 Å². The lowest BCUT2D eigenvalue weighted by Gasteiger charge is -2.10. The smallest absolute Gasteiger partial charge is 0.127 e. The number of methoxy groups -OCH3 is 1. The Morgan fingerprint density at radius 1 is 1.50 bits per heavy atom. The third-order valence-electron chi connectivity index (χ3n) is 1.76. The van der Waals surface area contributed by atoms with Gasteiger partial charge >= 0.3 is 0 Å². The summed E-state index contributed by atoms with van der Waals surface area (Å²) >= 11 is 0. The Bertz CT molecular complexity index is 271. The van der Waals surface area contributed by atoms with Gasteiger partial charge in [-0.2, -0.15) is 0 Å². The Labute approximate surface area is 72.6 Å². The van der Waals surface area contributed by atoms with Crippen LogP contribution in [0, 0.1) is 0 Å². The number of nitrogens with zero attached hydrogens (tertiary/aromatic N) is 1. The molecule has 0 saturated carbocycles. The van der Waals surface area contributed by atoms with Crippen molar-refractivity contribution in [3.05, 3.63) is 17.8 Å². The molecule has 0 unspecified atom stereocenters. The molecule has 1 heterocycles. The van der Waals surface area contributed by atoms with Crippen LogP contribution in [0.4, 0.5) is 5.82 Å². The van der Waals surface area contributed by atoms with E-state index in [2.05, 4.69) is 18.8 Å². The number of rotatable bonds is 2. The molecule has 0 aliphatic heterocycles. The quantitative estimate of drug-likeness (QED) is 0.728. The Hall–Kier alpha value is -1.25. The third kappa shape index (κ3) is 1.67. The van der Waals surface area contributed by atoms with Crippen LogP contribution in [0.25, 0.3) is 0 Å². The standard InChI is InChI=1S/C9H14N2O/c1-6(2)7-5-11-9(10)4-8(7)12-3/h4-6H,1-3H3,(H2,10,11). The van der Waals surface area contributed by atoms with E-state index in [9.17, 15) is 0 Å². The van der Waals surface area contributed by atoms with Crippen molar-refractivity contribution in [2.75, 3.05) is 12.8 Å². The first-order valence-electron chi connectivity index (χ1n) is 3.94. The molecule has 1 aromatic rings. The van der Waals surface area contributed by atoms with E-state index in [-0.39, 0.29) is 0 Å². The van der Waals surface area contributed by atoms with Crippen molar-refractivity contribution < 1.29 is 4.74 Å². The number of nitrogens with two attached hydrogens (primary N) is 1. The van der Waals surface area contributed by atoms with E-state index in [0.29, 0.717) is 11.7 Å².